The molecule has 0 fully saturated rings. The van der Waals surface area contributed by atoms with Gasteiger partial charge in [0.2, 0.25) is 11.8 Å². The van der Waals surface area contributed by atoms with E-state index < -0.39 is 5.41 Å². The van der Waals surface area contributed by atoms with Gasteiger partial charge < -0.3 is 10.6 Å². The normalized spacial score (nSPS) is 13.4. The summed E-state index contributed by atoms with van der Waals surface area (Å²) in [4.78, 5) is 24.7. The molecule has 21 heavy (non-hydrogen) atoms. The minimum absolute atomic E-state index is 0.139. The van der Waals surface area contributed by atoms with E-state index in [2.05, 4.69) is 10.6 Å². The molecule has 0 aliphatic rings. The van der Waals surface area contributed by atoms with Crippen LogP contribution < -0.4 is 10.6 Å². The summed E-state index contributed by atoms with van der Waals surface area (Å²) in [7, 11) is 0. The lowest BCUT2D eigenvalue weighted by Gasteiger charge is -2.29. The lowest BCUT2D eigenvalue weighted by Crippen LogP contribution is -2.53. The molecule has 1 aromatic carbocycles. The molecule has 0 aromatic heterocycles. The number of nitrogens with one attached hydrogen (secondary N) is 2. The average molecular weight is 290 g/mol. The van der Waals surface area contributed by atoms with Crippen LogP contribution in [0.5, 0.6) is 0 Å². The van der Waals surface area contributed by atoms with E-state index in [4.69, 9.17) is 0 Å². The van der Waals surface area contributed by atoms with Crippen molar-refractivity contribution in [2.75, 3.05) is 0 Å². The lowest BCUT2D eigenvalue weighted by molar-refractivity contribution is -0.142. The third kappa shape index (κ3) is 4.88. The maximum atomic E-state index is 12.4. The first-order chi connectivity index (χ1) is 9.54. The zero-order chi connectivity index (χ0) is 16.3. The summed E-state index contributed by atoms with van der Waals surface area (Å²) < 4.78 is 0. The summed E-state index contributed by atoms with van der Waals surface area (Å²) in [5.74, 6) is -0.548. The Bertz CT molecular complexity index is 501. The van der Waals surface area contributed by atoms with E-state index in [1.54, 1.807) is 13.8 Å². The molecule has 1 rings (SSSR count). The Morgan fingerprint density at radius 3 is 1.95 bits per heavy atom. The molecule has 0 spiro atoms. The van der Waals surface area contributed by atoms with Gasteiger partial charge in [0.25, 0.3) is 0 Å². The monoisotopic (exact) mass is 290 g/mol. The van der Waals surface area contributed by atoms with Crippen LogP contribution in [0.3, 0.4) is 0 Å². The Balaban J connectivity index is 2.75. The Kier molecular flexibility index (Phi) is 5.15. The zero-order valence-corrected chi connectivity index (χ0v) is 13.8. The molecule has 4 heteroatoms. The molecule has 0 aliphatic carbocycles. The first-order valence-electron chi connectivity index (χ1n) is 7.22. The van der Waals surface area contributed by atoms with E-state index in [1.165, 1.54) is 0 Å². The highest BCUT2D eigenvalue weighted by Crippen LogP contribution is 2.20. The number of rotatable bonds is 4. The molecule has 1 atom stereocenters. The van der Waals surface area contributed by atoms with Crippen LogP contribution in [0.2, 0.25) is 0 Å². The quantitative estimate of drug-likeness (QED) is 0.838. The van der Waals surface area contributed by atoms with Gasteiger partial charge in [0.15, 0.2) is 0 Å². The minimum atomic E-state index is -1.11. The molecule has 1 unspecified atom stereocenters. The second kappa shape index (κ2) is 6.29. The fourth-order valence-corrected chi connectivity index (χ4v) is 1.80. The molecule has 0 saturated carbocycles. The Hall–Kier alpha value is -1.84. The maximum Gasteiger partial charge on any atom is 0.235 e. The summed E-state index contributed by atoms with van der Waals surface area (Å²) in [6, 6.07) is 9.55. The second-order valence-corrected chi connectivity index (χ2v) is 6.93. The van der Waals surface area contributed by atoms with Crippen molar-refractivity contribution in [1.82, 2.24) is 10.6 Å². The molecule has 0 heterocycles. The molecule has 0 bridgehead atoms. The molecule has 0 radical (unpaired) electrons. The van der Waals surface area contributed by atoms with Crippen molar-refractivity contribution in [2.45, 2.75) is 53.1 Å². The lowest BCUT2D eigenvalue weighted by atomic mass is 9.89. The minimum Gasteiger partial charge on any atom is -0.351 e. The van der Waals surface area contributed by atoms with E-state index in [0.717, 1.165) is 5.56 Å². The molecular formula is C17H26N2O2. The van der Waals surface area contributed by atoms with Crippen LogP contribution in [0.1, 0.15) is 53.1 Å². The third-order valence-electron chi connectivity index (χ3n) is 3.27. The first kappa shape index (κ1) is 17.2. The predicted molar refractivity (Wildman–Crippen MR) is 84.7 cm³/mol. The van der Waals surface area contributed by atoms with Gasteiger partial charge in [-0.15, -0.1) is 0 Å². The SMILES string of the molecule is CC(NC(=O)C(C)(C)C(=O)NC(C)(C)C)c1ccccc1. The van der Waals surface area contributed by atoms with Crippen LogP contribution in [-0.2, 0) is 9.59 Å². The van der Waals surface area contributed by atoms with Crippen molar-refractivity contribution >= 4 is 11.8 Å². The topological polar surface area (TPSA) is 58.2 Å². The standard InChI is InChI=1S/C17H26N2O2/c1-12(13-10-8-7-9-11-13)18-14(20)17(5,6)15(21)19-16(2,3)4/h7-12H,1-6H3,(H,18,20)(H,19,21). The Morgan fingerprint density at radius 1 is 0.952 bits per heavy atom. The van der Waals surface area contributed by atoms with Gasteiger partial charge in [0, 0.05) is 5.54 Å². The van der Waals surface area contributed by atoms with Crippen LogP contribution in [0, 0.1) is 5.41 Å². The van der Waals surface area contributed by atoms with Gasteiger partial charge in [-0.05, 0) is 47.1 Å². The fraction of sp³-hybridized carbons (Fsp3) is 0.529. The number of benzene rings is 1. The van der Waals surface area contributed by atoms with E-state index in [9.17, 15) is 9.59 Å². The smallest absolute Gasteiger partial charge is 0.235 e. The van der Waals surface area contributed by atoms with Crippen LogP contribution >= 0.6 is 0 Å². The van der Waals surface area contributed by atoms with Gasteiger partial charge in [0.05, 0.1) is 6.04 Å². The molecule has 4 nitrogen and oxygen atoms in total. The van der Waals surface area contributed by atoms with Crippen LogP contribution in [0.4, 0.5) is 0 Å². The molecule has 2 amide bonds. The summed E-state index contributed by atoms with van der Waals surface area (Å²) in [5.41, 5.74) is -0.464. The van der Waals surface area contributed by atoms with E-state index in [-0.39, 0.29) is 23.4 Å². The second-order valence-electron chi connectivity index (χ2n) is 6.93. The van der Waals surface area contributed by atoms with Crippen molar-refractivity contribution in [3.8, 4) is 0 Å². The number of hydrogen-bond donors (Lipinski definition) is 2. The van der Waals surface area contributed by atoms with Crippen molar-refractivity contribution in [3.05, 3.63) is 35.9 Å². The van der Waals surface area contributed by atoms with Crippen LogP contribution in [-0.4, -0.2) is 17.4 Å². The Morgan fingerprint density at radius 2 is 1.48 bits per heavy atom. The summed E-state index contributed by atoms with van der Waals surface area (Å²) >= 11 is 0. The molecular weight excluding hydrogens is 264 g/mol. The highest BCUT2D eigenvalue weighted by atomic mass is 16.2. The number of carbonyl (C=O) groups excluding carboxylic acids is 2. The first-order valence-corrected chi connectivity index (χ1v) is 7.22. The number of hydrogen-bond acceptors (Lipinski definition) is 2. The van der Waals surface area contributed by atoms with Gasteiger partial charge >= 0.3 is 0 Å². The average Bonchev–Trinajstić information content (AvgIpc) is 2.37. The largest absolute Gasteiger partial charge is 0.351 e. The molecule has 116 valence electrons. The van der Waals surface area contributed by atoms with Crippen molar-refractivity contribution in [1.29, 1.82) is 0 Å². The fourth-order valence-electron chi connectivity index (χ4n) is 1.80. The summed E-state index contributed by atoms with van der Waals surface area (Å²) in [6.07, 6.45) is 0. The highest BCUT2D eigenvalue weighted by molar-refractivity contribution is 6.04. The van der Waals surface area contributed by atoms with E-state index in [0.29, 0.717) is 0 Å². The van der Waals surface area contributed by atoms with E-state index in [1.807, 2.05) is 58.0 Å². The van der Waals surface area contributed by atoms with Gasteiger partial charge in [-0.25, -0.2) is 0 Å². The third-order valence-corrected chi connectivity index (χ3v) is 3.27. The molecule has 0 saturated heterocycles. The highest BCUT2D eigenvalue weighted by Gasteiger charge is 2.38. The van der Waals surface area contributed by atoms with Crippen LogP contribution in [0.15, 0.2) is 30.3 Å². The van der Waals surface area contributed by atoms with Gasteiger partial charge in [-0.1, -0.05) is 30.3 Å². The van der Waals surface area contributed by atoms with Gasteiger partial charge in [-0.2, -0.15) is 0 Å². The molecule has 2 N–H and O–H groups in total. The summed E-state index contributed by atoms with van der Waals surface area (Å²) in [5, 5.41) is 5.76. The van der Waals surface area contributed by atoms with Gasteiger partial charge in [-0.3, -0.25) is 9.59 Å². The predicted octanol–water partition coefficient (Wildman–Crippen LogP) is 2.80. The van der Waals surface area contributed by atoms with Crippen molar-refractivity contribution in [2.24, 2.45) is 5.41 Å². The Labute approximate surface area is 127 Å². The van der Waals surface area contributed by atoms with Crippen molar-refractivity contribution in [3.63, 3.8) is 0 Å². The van der Waals surface area contributed by atoms with Crippen LogP contribution in [0.25, 0.3) is 0 Å². The number of amides is 2. The van der Waals surface area contributed by atoms with Crippen molar-refractivity contribution < 1.29 is 9.59 Å². The van der Waals surface area contributed by atoms with Gasteiger partial charge in [0.1, 0.15) is 5.41 Å². The van der Waals surface area contributed by atoms with E-state index >= 15 is 0 Å². The summed E-state index contributed by atoms with van der Waals surface area (Å²) in [6.45, 7) is 10.9. The zero-order valence-electron chi connectivity index (χ0n) is 13.8. The number of carbonyl (C=O) groups is 2. The maximum absolute atomic E-state index is 12.4. The molecule has 1 aromatic rings. The molecule has 0 aliphatic heterocycles.